The minimum atomic E-state index is -0.740. The molecule has 0 aliphatic carbocycles. The predicted molar refractivity (Wildman–Crippen MR) is 81.5 cm³/mol. The molecule has 5 heteroatoms. The molecule has 1 heterocycles. The van der Waals surface area contributed by atoms with E-state index >= 15 is 0 Å². The van der Waals surface area contributed by atoms with Crippen molar-refractivity contribution in [3.8, 4) is 0 Å². The lowest BCUT2D eigenvalue weighted by atomic mass is 9.95. The molecule has 2 unspecified atom stereocenters. The van der Waals surface area contributed by atoms with Crippen LogP contribution in [0.25, 0.3) is 0 Å². The minimum Gasteiger partial charge on any atom is -0.481 e. The molecule has 0 saturated carbocycles. The van der Waals surface area contributed by atoms with E-state index in [2.05, 4.69) is 11.8 Å². The Labute approximate surface area is 129 Å². The first-order valence-electron chi connectivity index (χ1n) is 6.91. The fourth-order valence-corrected chi connectivity index (χ4v) is 3.54. The summed E-state index contributed by atoms with van der Waals surface area (Å²) < 4.78 is 0. The lowest BCUT2D eigenvalue weighted by Crippen LogP contribution is -2.42. The molecule has 3 nitrogen and oxygen atoms in total. The van der Waals surface area contributed by atoms with Crippen LogP contribution < -0.4 is 0 Å². The van der Waals surface area contributed by atoms with Crippen LogP contribution in [-0.2, 0) is 4.79 Å². The average Bonchev–Trinajstić information content (AvgIpc) is 2.38. The van der Waals surface area contributed by atoms with E-state index < -0.39 is 5.97 Å². The van der Waals surface area contributed by atoms with E-state index in [4.69, 9.17) is 28.3 Å². The molecule has 2 atom stereocenters. The SMILES string of the molecule is CC(c1ccc(Cl)cc1Cl)N1CCCCC1CC(=O)O. The number of carboxylic acid groups (broad SMARTS) is 1. The molecular formula is C15H19Cl2NO2. The Kier molecular flexibility index (Phi) is 5.30. The number of hydrogen-bond acceptors (Lipinski definition) is 2. The van der Waals surface area contributed by atoms with E-state index in [1.807, 2.05) is 12.1 Å². The highest BCUT2D eigenvalue weighted by atomic mass is 35.5. The van der Waals surface area contributed by atoms with Gasteiger partial charge in [-0.15, -0.1) is 0 Å². The van der Waals surface area contributed by atoms with Crippen LogP contribution in [0, 0.1) is 0 Å². The minimum absolute atomic E-state index is 0.0861. The van der Waals surface area contributed by atoms with Gasteiger partial charge in [0.05, 0.1) is 6.42 Å². The molecule has 0 spiro atoms. The van der Waals surface area contributed by atoms with Crippen molar-refractivity contribution in [3.05, 3.63) is 33.8 Å². The average molecular weight is 316 g/mol. The number of carboxylic acids is 1. The molecule has 1 fully saturated rings. The first kappa shape index (κ1) is 15.6. The first-order valence-corrected chi connectivity index (χ1v) is 7.67. The van der Waals surface area contributed by atoms with Crippen molar-refractivity contribution in [1.82, 2.24) is 4.90 Å². The van der Waals surface area contributed by atoms with Gasteiger partial charge in [-0.1, -0.05) is 35.7 Å². The van der Waals surface area contributed by atoms with Gasteiger partial charge in [0.1, 0.15) is 0 Å². The number of aliphatic carboxylic acids is 1. The number of rotatable bonds is 4. The van der Waals surface area contributed by atoms with E-state index in [0.29, 0.717) is 10.0 Å². The molecule has 1 N–H and O–H groups in total. The maximum absolute atomic E-state index is 11.0. The van der Waals surface area contributed by atoms with Crippen molar-refractivity contribution in [1.29, 1.82) is 0 Å². The number of piperidine rings is 1. The Balaban J connectivity index is 2.20. The van der Waals surface area contributed by atoms with Crippen molar-refractivity contribution in [3.63, 3.8) is 0 Å². The van der Waals surface area contributed by atoms with Gasteiger partial charge in [0.25, 0.3) is 0 Å². The molecule has 0 aromatic heterocycles. The van der Waals surface area contributed by atoms with Crippen LogP contribution in [0.2, 0.25) is 10.0 Å². The third kappa shape index (κ3) is 3.66. The fourth-order valence-electron chi connectivity index (χ4n) is 2.97. The van der Waals surface area contributed by atoms with Crippen LogP contribution in [-0.4, -0.2) is 28.6 Å². The summed E-state index contributed by atoms with van der Waals surface area (Å²) in [5.74, 6) is -0.740. The quantitative estimate of drug-likeness (QED) is 0.896. The van der Waals surface area contributed by atoms with E-state index in [0.717, 1.165) is 31.4 Å². The summed E-state index contributed by atoms with van der Waals surface area (Å²) in [6, 6.07) is 5.69. The molecule has 1 aromatic carbocycles. The van der Waals surface area contributed by atoms with Gasteiger partial charge in [-0.3, -0.25) is 9.69 Å². The summed E-state index contributed by atoms with van der Waals surface area (Å²) in [7, 11) is 0. The summed E-state index contributed by atoms with van der Waals surface area (Å²) >= 11 is 12.2. The summed E-state index contributed by atoms with van der Waals surface area (Å²) in [6.45, 7) is 2.99. The third-order valence-electron chi connectivity index (χ3n) is 3.99. The number of likely N-dealkylation sites (tertiary alicyclic amines) is 1. The summed E-state index contributed by atoms with van der Waals surface area (Å²) in [4.78, 5) is 13.3. The highest BCUT2D eigenvalue weighted by molar-refractivity contribution is 6.35. The highest BCUT2D eigenvalue weighted by Gasteiger charge is 2.29. The van der Waals surface area contributed by atoms with Crippen molar-refractivity contribution in [2.75, 3.05) is 6.54 Å². The highest BCUT2D eigenvalue weighted by Crippen LogP contribution is 2.34. The molecule has 1 saturated heterocycles. The molecule has 20 heavy (non-hydrogen) atoms. The van der Waals surface area contributed by atoms with Gasteiger partial charge in [-0.2, -0.15) is 0 Å². The summed E-state index contributed by atoms with van der Waals surface area (Å²) in [5.41, 5.74) is 1.01. The second kappa shape index (κ2) is 6.79. The van der Waals surface area contributed by atoms with Crippen molar-refractivity contribution in [2.45, 2.75) is 44.7 Å². The van der Waals surface area contributed by atoms with Gasteiger partial charge in [0.15, 0.2) is 0 Å². The van der Waals surface area contributed by atoms with Crippen LogP contribution in [0.3, 0.4) is 0 Å². The Morgan fingerprint density at radius 2 is 2.20 bits per heavy atom. The molecule has 0 amide bonds. The van der Waals surface area contributed by atoms with Crippen LogP contribution in [0.15, 0.2) is 18.2 Å². The van der Waals surface area contributed by atoms with Gasteiger partial charge in [-0.05, 0) is 44.0 Å². The zero-order valence-corrected chi connectivity index (χ0v) is 13.0. The Bertz CT molecular complexity index is 493. The molecule has 0 bridgehead atoms. The number of carbonyl (C=O) groups is 1. The molecule has 1 aromatic rings. The van der Waals surface area contributed by atoms with E-state index in [1.165, 1.54) is 0 Å². The summed E-state index contributed by atoms with van der Waals surface area (Å²) in [6.07, 6.45) is 3.32. The summed E-state index contributed by atoms with van der Waals surface area (Å²) in [5, 5.41) is 10.3. The standard InChI is InChI=1S/C15H19Cl2NO2/c1-10(13-6-5-11(16)8-14(13)17)18-7-3-2-4-12(18)9-15(19)20/h5-6,8,10,12H,2-4,7,9H2,1H3,(H,19,20). The topological polar surface area (TPSA) is 40.5 Å². The van der Waals surface area contributed by atoms with Gasteiger partial charge < -0.3 is 5.11 Å². The zero-order valence-electron chi connectivity index (χ0n) is 11.5. The third-order valence-corrected chi connectivity index (χ3v) is 4.56. The smallest absolute Gasteiger partial charge is 0.304 e. The molecule has 1 aliphatic rings. The van der Waals surface area contributed by atoms with Crippen molar-refractivity contribution < 1.29 is 9.90 Å². The van der Waals surface area contributed by atoms with E-state index in [1.54, 1.807) is 6.07 Å². The van der Waals surface area contributed by atoms with Gasteiger partial charge in [-0.25, -0.2) is 0 Å². The van der Waals surface area contributed by atoms with Crippen LogP contribution >= 0.6 is 23.2 Å². The fraction of sp³-hybridized carbons (Fsp3) is 0.533. The lowest BCUT2D eigenvalue weighted by Gasteiger charge is -2.39. The van der Waals surface area contributed by atoms with E-state index in [-0.39, 0.29) is 18.5 Å². The second-order valence-corrected chi connectivity index (χ2v) is 6.17. The van der Waals surface area contributed by atoms with Gasteiger partial charge in [0.2, 0.25) is 0 Å². The maximum atomic E-state index is 11.0. The molecule has 0 radical (unpaired) electrons. The van der Waals surface area contributed by atoms with E-state index in [9.17, 15) is 4.79 Å². The van der Waals surface area contributed by atoms with Crippen LogP contribution in [0.4, 0.5) is 0 Å². The normalized spacial score (nSPS) is 21.6. The second-order valence-electron chi connectivity index (χ2n) is 5.33. The molecule has 110 valence electrons. The number of benzene rings is 1. The maximum Gasteiger partial charge on any atom is 0.304 e. The molecular weight excluding hydrogens is 297 g/mol. The Hall–Kier alpha value is -0.770. The van der Waals surface area contributed by atoms with Crippen molar-refractivity contribution >= 4 is 29.2 Å². The Morgan fingerprint density at radius 3 is 2.85 bits per heavy atom. The molecule has 1 aliphatic heterocycles. The Morgan fingerprint density at radius 1 is 1.45 bits per heavy atom. The monoisotopic (exact) mass is 315 g/mol. The number of nitrogens with zero attached hydrogens (tertiary/aromatic N) is 1. The largest absolute Gasteiger partial charge is 0.481 e. The van der Waals surface area contributed by atoms with Crippen LogP contribution in [0.1, 0.15) is 44.2 Å². The van der Waals surface area contributed by atoms with Crippen molar-refractivity contribution in [2.24, 2.45) is 0 Å². The van der Waals surface area contributed by atoms with Gasteiger partial charge >= 0.3 is 5.97 Å². The lowest BCUT2D eigenvalue weighted by molar-refractivity contribution is -0.139. The first-order chi connectivity index (χ1) is 9.49. The zero-order chi connectivity index (χ0) is 14.7. The number of halogens is 2. The molecule has 2 rings (SSSR count). The van der Waals surface area contributed by atoms with Gasteiger partial charge in [0, 0.05) is 22.1 Å². The van der Waals surface area contributed by atoms with Crippen LogP contribution in [0.5, 0.6) is 0 Å². The predicted octanol–water partition coefficient (Wildman–Crippen LogP) is 4.38. The number of hydrogen-bond donors (Lipinski definition) is 1.